The molecule has 0 saturated carbocycles. The maximum absolute atomic E-state index is 11.5. The lowest BCUT2D eigenvalue weighted by molar-refractivity contribution is -0.286. The Balaban J connectivity index is 2.14. The van der Waals surface area contributed by atoms with Crippen molar-refractivity contribution < 1.29 is 54.1 Å². The molecule has 2 aliphatic heterocycles. The molecule has 0 bridgehead atoms. The van der Waals surface area contributed by atoms with Crippen LogP contribution in [0.3, 0.4) is 0 Å². The van der Waals surface area contributed by atoms with Gasteiger partial charge in [-0.3, -0.25) is 14.4 Å². The first-order valence-corrected chi connectivity index (χ1v) is 10.0. The molecule has 10 atom stereocenters. The molecule has 8 N–H and O–H groups in total. The van der Waals surface area contributed by atoms with E-state index in [1.54, 1.807) is 0 Å². The minimum Gasteiger partial charge on any atom is -0.394 e. The molecule has 2 aliphatic rings. The first kappa shape index (κ1) is 26.3. The highest BCUT2D eigenvalue weighted by atomic mass is 16.7. The van der Waals surface area contributed by atoms with Gasteiger partial charge < -0.3 is 55.7 Å². The van der Waals surface area contributed by atoms with Crippen molar-refractivity contribution in [2.45, 2.75) is 82.0 Å². The lowest BCUT2D eigenvalue weighted by Crippen LogP contribution is -2.68. The number of rotatable bonds is 7. The van der Waals surface area contributed by atoms with Crippen molar-refractivity contribution >= 4 is 17.7 Å². The van der Waals surface area contributed by atoms with Gasteiger partial charge in [0, 0.05) is 20.8 Å². The second kappa shape index (κ2) is 11.3. The highest BCUT2D eigenvalue weighted by molar-refractivity contribution is 5.75. The molecule has 0 aromatic carbocycles. The summed E-state index contributed by atoms with van der Waals surface area (Å²) in [5.41, 5.74) is 0. The summed E-state index contributed by atoms with van der Waals surface area (Å²) in [7, 11) is 0. The average Bonchev–Trinajstić information content (AvgIpc) is 2.70. The molecule has 2 saturated heterocycles. The minimum atomic E-state index is -1.55. The molecular formula is C18H31N3O11. The third-order valence-electron chi connectivity index (χ3n) is 5.14. The van der Waals surface area contributed by atoms with E-state index < -0.39 is 92.2 Å². The van der Waals surface area contributed by atoms with Crippen molar-refractivity contribution in [3.63, 3.8) is 0 Å². The normalized spacial score (nSPS) is 39.8. The van der Waals surface area contributed by atoms with Crippen molar-refractivity contribution in [1.29, 1.82) is 0 Å². The van der Waals surface area contributed by atoms with Gasteiger partial charge >= 0.3 is 0 Å². The zero-order valence-corrected chi connectivity index (χ0v) is 17.9. The van der Waals surface area contributed by atoms with Crippen LogP contribution in [0, 0.1) is 0 Å². The Bertz CT molecular complexity index is 681. The molecule has 2 rings (SSSR count). The summed E-state index contributed by atoms with van der Waals surface area (Å²) >= 11 is 0. The summed E-state index contributed by atoms with van der Waals surface area (Å²) in [6.45, 7) is 2.49. The molecule has 0 unspecified atom stereocenters. The van der Waals surface area contributed by atoms with Gasteiger partial charge in [-0.05, 0) is 0 Å². The summed E-state index contributed by atoms with van der Waals surface area (Å²) in [4.78, 5) is 34.4. The van der Waals surface area contributed by atoms with Crippen LogP contribution in [0.15, 0.2) is 0 Å². The molecule has 3 amide bonds. The van der Waals surface area contributed by atoms with E-state index in [9.17, 15) is 39.9 Å². The first-order chi connectivity index (χ1) is 15.0. The fourth-order valence-electron chi connectivity index (χ4n) is 3.63. The number of nitrogens with one attached hydrogen (secondary N) is 3. The molecule has 0 aromatic heterocycles. The van der Waals surface area contributed by atoms with Crippen LogP contribution in [0.4, 0.5) is 0 Å². The standard InChI is InChI=1S/C18H31N3O11/c1-6(23)19-11-15(28)14(27)10(31-17(11)21-8(3)25)5-30-18-12(20-7(2)24)16(29)13(26)9(4-22)32-18/h9-18,22,26-29H,4-5H2,1-3H3,(H,19,23)(H,20,24)(H,21,25)/t9-,10-,11-,12-,13-,14-,15-,16-,17-,18-/m1/s1. The van der Waals surface area contributed by atoms with E-state index in [0.29, 0.717) is 0 Å². The van der Waals surface area contributed by atoms with Gasteiger partial charge in [-0.25, -0.2) is 0 Å². The number of ether oxygens (including phenoxy) is 3. The van der Waals surface area contributed by atoms with Gasteiger partial charge in [0.1, 0.15) is 48.7 Å². The van der Waals surface area contributed by atoms with E-state index in [2.05, 4.69) is 16.0 Å². The molecule has 0 aliphatic carbocycles. The van der Waals surface area contributed by atoms with Gasteiger partial charge in [-0.1, -0.05) is 0 Å². The quantitative estimate of drug-likeness (QED) is 0.178. The number of carbonyl (C=O) groups is 3. The third kappa shape index (κ3) is 6.32. The van der Waals surface area contributed by atoms with Crippen LogP contribution < -0.4 is 16.0 Å². The van der Waals surface area contributed by atoms with E-state index in [0.717, 1.165) is 0 Å². The smallest absolute Gasteiger partial charge is 0.218 e. The second-order valence-electron chi connectivity index (χ2n) is 7.77. The van der Waals surface area contributed by atoms with Gasteiger partial charge in [0.25, 0.3) is 0 Å². The van der Waals surface area contributed by atoms with E-state index in [4.69, 9.17) is 14.2 Å². The minimum absolute atomic E-state index is 0.442. The molecule has 32 heavy (non-hydrogen) atoms. The maximum atomic E-state index is 11.5. The van der Waals surface area contributed by atoms with Gasteiger partial charge in [0.05, 0.1) is 13.2 Å². The Labute approximate surface area is 183 Å². The van der Waals surface area contributed by atoms with Crippen molar-refractivity contribution in [3.05, 3.63) is 0 Å². The zero-order chi connectivity index (χ0) is 24.2. The molecule has 2 heterocycles. The molecular weight excluding hydrogens is 434 g/mol. The highest BCUT2D eigenvalue weighted by Crippen LogP contribution is 2.25. The molecule has 0 aromatic rings. The third-order valence-corrected chi connectivity index (χ3v) is 5.14. The number of hydrogen-bond donors (Lipinski definition) is 8. The molecule has 14 heteroatoms. The van der Waals surface area contributed by atoms with Crippen molar-refractivity contribution in [3.8, 4) is 0 Å². The van der Waals surface area contributed by atoms with Crippen LogP contribution in [-0.4, -0.2) is 118 Å². The summed E-state index contributed by atoms with van der Waals surface area (Å²) < 4.78 is 16.6. The lowest BCUT2D eigenvalue weighted by atomic mass is 9.95. The Hall–Kier alpha value is -1.91. The SMILES string of the molecule is CC(=O)N[C@@H]1[C@@H](O)[C@H](O)[C@@H](CO[C@@H]2O[C@H](CO)[C@@H](O)[C@H](O)[C@H]2NC(C)=O)O[C@H]1NC(C)=O. The van der Waals surface area contributed by atoms with Crippen molar-refractivity contribution in [2.24, 2.45) is 0 Å². The second-order valence-corrected chi connectivity index (χ2v) is 7.77. The Morgan fingerprint density at radius 3 is 1.78 bits per heavy atom. The van der Waals surface area contributed by atoms with Crippen molar-refractivity contribution in [2.75, 3.05) is 13.2 Å². The largest absolute Gasteiger partial charge is 0.394 e. The van der Waals surface area contributed by atoms with Gasteiger partial charge in [0.2, 0.25) is 17.7 Å². The number of aliphatic hydroxyl groups excluding tert-OH is 5. The summed E-state index contributed by atoms with van der Waals surface area (Å²) in [6.07, 6.45) is -11.1. The molecule has 0 spiro atoms. The zero-order valence-electron chi connectivity index (χ0n) is 17.9. The number of aliphatic hydroxyl groups is 5. The van der Waals surface area contributed by atoms with Gasteiger partial charge in [-0.15, -0.1) is 0 Å². The maximum Gasteiger partial charge on any atom is 0.218 e. The van der Waals surface area contributed by atoms with E-state index in [-0.39, 0.29) is 0 Å². The molecule has 0 radical (unpaired) electrons. The van der Waals surface area contributed by atoms with E-state index >= 15 is 0 Å². The van der Waals surface area contributed by atoms with Gasteiger partial charge in [0.15, 0.2) is 12.5 Å². The van der Waals surface area contributed by atoms with Crippen molar-refractivity contribution in [1.82, 2.24) is 16.0 Å². The number of hydrogen-bond acceptors (Lipinski definition) is 11. The average molecular weight is 465 g/mol. The first-order valence-electron chi connectivity index (χ1n) is 10.0. The molecule has 2 fully saturated rings. The van der Waals surface area contributed by atoms with Gasteiger partial charge in [-0.2, -0.15) is 0 Å². The summed E-state index contributed by atoms with van der Waals surface area (Å²) in [6, 6.07) is -2.36. The number of carbonyl (C=O) groups excluding carboxylic acids is 3. The summed E-state index contributed by atoms with van der Waals surface area (Å²) in [5, 5.41) is 57.8. The molecule has 184 valence electrons. The van der Waals surface area contributed by atoms with Crippen LogP contribution in [0.1, 0.15) is 20.8 Å². The Morgan fingerprint density at radius 2 is 1.25 bits per heavy atom. The predicted octanol–water partition coefficient (Wildman–Crippen LogP) is -4.97. The lowest BCUT2D eigenvalue weighted by Gasteiger charge is -2.45. The Morgan fingerprint density at radius 1 is 0.750 bits per heavy atom. The van der Waals surface area contributed by atoms with Crippen LogP contribution in [0.5, 0.6) is 0 Å². The van der Waals surface area contributed by atoms with Crippen LogP contribution in [0.2, 0.25) is 0 Å². The van der Waals surface area contributed by atoms with Crippen LogP contribution >= 0.6 is 0 Å². The fraction of sp³-hybridized carbons (Fsp3) is 0.833. The number of amides is 3. The van der Waals surface area contributed by atoms with E-state index in [1.165, 1.54) is 20.8 Å². The monoisotopic (exact) mass is 465 g/mol. The summed E-state index contributed by atoms with van der Waals surface area (Å²) in [5.74, 6) is -1.58. The van der Waals surface area contributed by atoms with E-state index in [1.807, 2.05) is 0 Å². The fourth-order valence-corrected chi connectivity index (χ4v) is 3.63. The predicted molar refractivity (Wildman–Crippen MR) is 103 cm³/mol. The highest BCUT2D eigenvalue weighted by Gasteiger charge is 2.48. The van der Waals surface area contributed by atoms with Crippen LogP contribution in [-0.2, 0) is 28.6 Å². The topological polar surface area (TPSA) is 216 Å². The molecule has 14 nitrogen and oxygen atoms in total. The Kier molecular flexibility index (Phi) is 9.29. The van der Waals surface area contributed by atoms with Crippen LogP contribution in [0.25, 0.3) is 0 Å².